The van der Waals surface area contributed by atoms with E-state index in [4.69, 9.17) is 0 Å². The first-order chi connectivity index (χ1) is 15.0. The molecule has 0 saturated carbocycles. The molecule has 0 fully saturated rings. The minimum Gasteiger partial charge on any atom is -0.363 e. The van der Waals surface area contributed by atoms with Crippen LogP contribution < -0.4 is 5.32 Å². The Morgan fingerprint density at radius 3 is 2.81 bits per heavy atom. The molecule has 0 spiro atoms. The third-order valence-corrected chi connectivity index (χ3v) is 6.19. The second-order valence-electron chi connectivity index (χ2n) is 7.47. The molecule has 31 heavy (non-hydrogen) atoms. The molecule has 9 heteroatoms. The van der Waals surface area contributed by atoms with E-state index in [0.29, 0.717) is 5.82 Å². The number of nitrogens with zero attached hydrogens (tertiary/aromatic N) is 3. The van der Waals surface area contributed by atoms with E-state index in [1.165, 1.54) is 6.26 Å². The van der Waals surface area contributed by atoms with Crippen LogP contribution in [0.2, 0.25) is 0 Å². The van der Waals surface area contributed by atoms with Crippen LogP contribution in [0.1, 0.15) is 12.0 Å². The van der Waals surface area contributed by atoms with Crippen molar-refractivity contribution in [1.29, 1.82) is 0 Å². The molecule has 0 amide bonds. The first-order valence-electron chi connectivity index (χ1n) is 9.76. The average Bonchev–Trinajstić information content (AvgIpc) is 3.44. The van der Waals surface area contributed by atoms with Gasteiger partial charge >= 0.3 is 0 Å². The Morgan fingerprint density at radius 1 is 1.16 bits per heavy atom. The molecule has 5 rings (SSSR count). The summed E-state index contributed by atoms with van der Waals surface area (Å²) in [6, 6.07) is 9.22. The van der Waals surface area contributed by atoms with Crippen molar-refractivity contribution in [3.8, 4) is 11.4 Å². The number of hydrogen-bond acceptors (Lipinski definition) is 6. The maximum atomic E-state index is 11.8. The molecule has 1 aliphatic carbocycles. The van der Waals surface area contributed by atoms with Gasteiger partial charge in [0.05, 0.1) is 6.20 Å². The van der Waals surface area contributed by atoms with Gasteiger partial charge < -0.3 is 10.3 Å². The number of sulfone groups is 1. The van der Waals surface area contributed by atoms with Gasteiger partial charge in [-0.25, -0.2) is 18.4 Å². The van der Waals surface area contributed by atoms with Crippen LogP contribution in [-0.2, 0) is 9.84 Å². The maximum absolute atomic E-state index is 11.8. The Kier molecular flexibility index (Phi) is 4.67. The number of aromatic amines is 2. The van der Waals surface area contributed by atoms with Gasteiger partial charge in [0.1, 0.15) is 10.8 Å². The van der Waals surface area contributed by atoms with E-state index in [1.807, 2.05) is 30.5 Å². The number of fused-ring (bicyclic) bond motifs is 1. The second-order valence-corrected chi connectivity index (χ2v) is 9.45. The monoisotopic (exact) mass is 432 g/mol. The van der Waals surface area contributed by atoms with Crippen molar-refractivity contribution in [1.82, 2.24) is 25.1 Å². The van der Waals surface area contributed by atoms with Crippen LogP contribution in [0, 0.1) is 0 Å². The largest absolute Gasteiger partial charge is 0.363 e. The van der Waals surface area contributed by atoms with Gasteiger partial charge in [0, 0.05) is 46.7 Å². The summed E-state index contributed by atoms with van der Waals surface area (Å²) in [5.41, 5.74) is 3.74. The van der Waals surface area contributed by atoms with Crippen LogP contribution >= 0.6 is 0 Å². The van der Waals surface area contributed by atoms with Gasteiger partial charge in [-0.15, -0.1) is 0 Å². The summed E-state index contributed by atoms with van der Waals surface area (Å²) >= 11 is 0. The topological polar surface area (TPSA) is 116 Å². The standard InChI is InChI=1S/C22H20N6O2S/c1-31(29,30)21-11-15-2-3-16(10-19(15)27-21)22-23-9-8-20(28-22)26-18-6-4-14(5-7-18)17-12-24-25-13-17/h2-6,8-13,18,27H,7H2,1H3,(H,24,25)(H,23,26,28). The highest BCUT2D eigenvalue weighted by Crippen LogP contribution is 2.26. The lowest BCUT2D eigenvalue weighted by atomic mass is 9.99. The third-order valence-electron chi connectivity index (χ3n) is 5.18. The number of hydrogen-bond donors (Lipinski definition) is 3. The lowest BCUT2D eigenvalue weighted by Crippen LogP contribution is -2.18. The van der Waals surface area contributed by atoms with Gasteiger partial charge in [-0.1, -0.05) is 30.4 Å². The van der Waals surface area contributed by atoms with Gasteiger partial charge in [-0.2, -0.15) is 5.10 Å². The van der Waals surface area contributed by atoms with Crippen molar-refractivity contribution in [2.24, 2.45) is 0 Å². The molecule has 0 radical (unpaired) electrons. The van der Waals surface area contributed by atoms with E-state index in [2.05, 4.69) is 48.7 Å². The van der Waals surface area contributed by atoms with Crippen LogP contribution in [0.5, 0.6) is 0 Å². The first kappa shape index (κ1) is 19.3. The zero-order valence-corrected chi connectivity index (χ0v) is 17.5. The fraction of sp³-hybridized carbons (Fsp3) is 0.136. The van der Waals surface area contributed by atoms with Gasteiger partial charge in [-0.05, 0) is 30.2 Å². The second kappa shape index (κ2) is 7.51. The molecule has 1 aromatic carbocycles. The molecule has 3 N–H and O–H groups in total. The number of rotatable bonds is 5. The SMILES string of the molecule is CS(=O)(=O)c1cc2ccc(-c3nccc(NC4C=CC(c5cn[nH]c5)=CC4)n3)cc2[nH]1. The molecule has 0 aliphatic heterocycles. The Morgan fingerprint density at radius 2 is 2.06 bits per heavy atom. The quantitative estimate of drug-likeness (QED) is 0.444. The summed E-state index contributed by atoms with van der Waals surface area (Å²) in [6.07, 6.45) is 13.8. The van der Waals surface area contributed by atoms with Gasteiger partial charge in [0.15, 0.2) is 15.7 Å². The van der Waals surface area contributed by atoms with Crippen LogP contribution in [0.15, 0.2) is 72.2 Å². The Bertz CT molecular complexity index is 1420. The summed E-state index contributed by atoms with van der Waals surface area (Å²) in [6.45, 7) is 0. The number of anilines is 1. The van der Waals surface area contributed by atoms with Crippen molar-refractivity contribution in [3.63, 3.8) is 0 Å². The lowest BCUT2D eigenvalue weighted by Gasteiger charge is -2.18. The summed E-state index contributed by atoms with van der Waals surface area (Å²) < 4.78 is 23.6. The van der Waals surface area contributed by atoms with Crippen molar-refractivity contribution in [3.05, 3.63) is 72.7 Å². The van der Waals surface area contributed by atoms with Gasteiger partial charge in [0.2, 0.25) is 0 Å². The van der Waals surface area contributed by atoms with Crippen molar-refractivity contribution in [2.75, 3.05) is 11.6 Å². The Balaban J connectivity index is 1.35. The van der Waals surface area contributed by atoms with Crippen molar-refractivity contribution in [2.45, 2.75) is 17.5 Å². The molecule has 1 unspecified atom stereocenters. The highest BCUT2D eigenvalue weighted by molar-refractivity contribution is 7.90. The minimum absolute atomic E-state index is 0.126. The number of H-pyrrole nitrogens is 2. The van der Waals surface area contributed by atoms with Gasteiger partial charge in [0.25, 0.3) is 0 Å². The van der Waals surface area contributed by atoms with E-state index in [9.17, 15) is 8.42 Å². The Hall–Kier alpha value is -3.72. The molecular weight excluding hydrogens is 412 g/mol. The number of allylic oxidation sites excluding steroid dienone is 2. The Labute approximate surface area is 179 Å². The molecule has 8 nitrogen and oxygen atoms in total. The number of nitrogens with one attached hydrogen (secondary N) is 3. The maximum Gasteiger partial charge on any atom is 0.190 e. The fourth-order valence-electron chi connectivity index (χ4n) is 3.56. The van der Waals surface area contributed by atoms with Crippen LogP contribution in [-0.4, -0.2) is 45.9 Å². The zero-order chi connectivity index (χ0) is 21.4. The average molecular weight is 433 g/mol. The normalized spacial score (nSPS) is 16.4. The van der Waals surface area contributed by atoms with E-state index in [-0.39, 0.29) is 11.1 Å². The molecular formula is C22H20N6O2S. The van der Waals surface area contributed by atoms with Crippen LogP contribution in [0.3, 0.4) is 0 Å². The number of aromatic nitrogens is 5. The highest BCUT2D eigenvalue weighted by Gasteiger charge is 2.14. The molecule has 1 aliphatic rings. The van der Waals surface area contributed by atoms with E-state index in [0.717, 1.165) is 39.8 Å². The molecule has 0 bridgehead atoms. The molecule has 3 aromatic heterocycles. The van der Waals surface area contributed by atoms with Crippen LogP contribution in [0.25, 0.3) is 27.9 Å². The highest BCUT2D eigenvalue weighted by atomic mass is 32.2. The first-order valence-corrected chi connectivity index (χ1v) is 11.7. The smallest absolute Gasteiger partial charge is 0.190 e. The summed E-state index contributed by atoms with van der Waals surface area (Å²) in [5.74, 6) is 1.29. The number of benzene rings is 1. The summed E-state index contributed by atoms with van der Waals surface area (Å²) in [5, 5.41) is 11.3. The molecule has 0 saturated heterocycles. The van der Waals surface area contributed by atoms with E-state index in [1.54, 1.807) is 18.5 Å². The van der Waals surface area contributed by atoms with Gasteiger partial charge in [-0.3, -0.25) is 5.10 Å². The predicted molar refractivity (Wildman–Crippen MR) is 120 cm³/mol. The molecule has 3 heterocycles. The molecule has 1 atom stereocenters. The summed E-state index contributed by atoms with van der Waals surface area (Å²) in [4.78, 5) is 12.0. The van der Waals surface area contributed by atoms with Crippen molar-refractivity contribution < 1.29 is 8.42 Å². The lowest BCUT2D eigenvalue weighted by molar-refractivity contribution is 0.599. The fourth-order valence-corrected chi connectivity index (χ4v) is 4.19. The minimum atomic E-state index is -3.30. The molecule has 156 valence electrons. The van der Waals surface area contributed by atoms with E-state index < -0.39 is 9.84 Å². The van der Waals surface area contributed by atoms with Crippen molar-refractivity contribution >= 4 is 32.1 Å². The van der Waals surface area contributed by atoms with E-state index >= 15 is 0 Å². The third kappa shape index (κ3) is 3.99. The van der Waals surface area contributed by atoms with Crippen LogP contribution in [0.4, 0.5) is 5.82 Å². The predicted octanol–water partition coefficient (Wildman–Crippen LogP) is 3.58. The molecule has 4 aromatic rings. The zero-order valence-electron chi connectivity index (χ0n) is 16.7. The summed E-state index contributed by atoms with van der Waals surface area (Å²) in [7, 11) is -3.30.